The second kappa shape index (κ2) is 5.55. The molecule has 96 valence electrons. The third-order valence-corrected chi connectivity index (χ3v) is 3.69. The molecule has 1 saturated heterocycles. The van der Waals surface area contributed by atoms with Gasteiger partial charge in [-0.15, -0.1) is 0 Å². The van der Waals surface area contributed by atoms with Gasteiger partial charge in [0.1, 0.15) is 0 Å². The van der Waals surface area contributed by atoms with Crippen molar-refractivity contribution < 1.29 is 4.74 Å². The van der Waals surface area contributed by atoms with Crippen molar-refractivity contribution in [2.24, 2.45) is 0 Å². The standard InChI is InChI=1S/C15H20N2O/c1-2-4-14-12-16-15(11-13(14)3-1)5-6-17-7-9-18-10-8-17/h1-6,15-16H,7-12H2/b6-5+/t15-/m1/s1. The number of nitrogens with one attached hydrogen (secondary N) is 1. The van der Waals surface area contributed by atoms with Gasteiger partial charge in [0.25, 0.3) is 0 Å². The molecule has 0 spiro atoms. The Balaban J connectivity index is 1.60. The van der Waals surface area contributed by atoms with E-state index in [-0.39, 0.29) is 0 Å². The first-order chi connectivity index (χ1) is 8.92. The molecule has 0 radical (unpaired) electrons. The highest BCUT2D eigenvalue weighted by Crippen LogP contribution is 2.16. The van der Waals surface area contributed by atoms with Crippen molar-refractivity contribution in [2.45, 2.75) is 19.0 Å². The van der Waals surface area contributed by atoms with E-state index in [0.717, 1.165) is 39.3 Å². The Bertz CT molecular complexity index is 424. The minimum Gasteiger partial charge on any atom is -0.378 e. The number of benzene rings is 1. The van der Waals surface area contributed by atoms with E-state index in [1.807, 2.05) is 0 Å². The molecule has 0 aromatic heterocycles. The number of morpholine rings is 1. The predicted molar refractivity (Wildman–Crippen MR) is 72.3 cm³/mol. The number of rotatable bonds is 2. The molecule has 0 saturated carbocycles. The van der Waals surface area contributed by atoms with E-state index < -0.39 is 0 Å². The molecule has 0 amide bonds. The maximum Gasteiger partial charge on any atom is 0.0642 e. The van der Waals surface area contributed by atoms with Crippen molar-refractivity contribution in [3.8, 4) is 0 Å². The van der Waals surface area contributed by atoms with Crippen molar-refractivity contribution in [1.29, 1.82) is 0 Å². The lowest BCUT2D eigenvalue weighted by atomic mass is 9.96. The Labute approximate surface area is 108 Å². The average molecular weight is 244 g/mol. The second-order valence-electron chi connectivity index (χ2n) is 4.95. The molecule has 18 heavy (non-hydrogen) atoms. The van der Waals surface area contributed by atoms with Gasteiger partial charge in [0.2, 0.25) is 0 Å². The molecule has 1 atom stereocenters. The third-order valence-electron chi connectivity index (χ3n) is 3.69. The lowest BCUT2D eigenvalue weighted by molar-refractivity contribution is 0.0592. The van der Waals surface area contributed by atoms with E-state index in [9.17, 15) is 0 Å². The van der Waals surface area contributed by atoms with Crippen LogP contribution in [0.15, 0.2) is 36.5 Å². The summed E-state index contributed by atoms with van der Waals surface area (Å²) in [7, 11) is 0. The average Bonchev–Trinajstić information content (AvgIpc) is 2.46. The van der Waals surface area contributed by atoms with E-state index in [0.29, 0.717) is 6.04 Å². The van der Waals surface area contributed by atoms with E-state index in [1.165, 1.54) is 11.1 Å². The number of fused-ring (bicyclic) bond motifs is 1. The first kappa shape index (κ1) is 11.8. The minimum absolute atomic E-state index is 0.461. The Kier molecular flexibility index (Phi) is 3.62. The first-order valence-corrected chi connectivity index (χ1v) is 6.72. The third kappa shape index (κ3) is 2.74. The van der Waals surface area contributed by atoms with Crippen LogP contribution in [0.25, 0.3) is 0 Å². The van der Waals surface area contributed by atoms with Gasteiger partial charge in [-0.05, 0) is 23.7 Å². The van der Waals surface area contributed by atoms with Gasteiger partial charge >= 0.3 is 0 Å². The molecule has 3 heteroatoms. The van der Waals surface area contributed by atoms with Crippen LogP contribution in [0.4, 0.5) is 0 Å². The summed E-state index contributed by atoms with van der Waals surface area (Å²) in [6.07, 6.45) is 5.62. The van der Waals surface area contributed by atoms with Crippen LogP contribution in [0.1, 0.15) is 11.1 Å². The van der Waals surface area contributed by atoms with Gasteiger partial charge < -0.3 is 15.0 Å². The SMILES string of the molecule is C(=C\N1CCOCC1)/[C@@H]1Cc2ccccc2CN1. The van der Waals surface area contributed by atoms with Gasteiger partial charge in [-0.25, -0.2) is 0 Å². The largest absolute Gasteiger partial charge is 0.378 e. The summed E-state index contributed by atoms with van der Waals surface area (Å²) >= 11 is 0. The molecule has 3 rings (SSSR count). The molecule has 0 aliphatic carbocycles. The van der Waals surface area contributed by atoms with Crippen LogP contribution < -0.4 is 5.32 Å². The Morgan fingerprint density at radius 3 is 2.78 bits per heavy atom. The van der Waals surface area contributed by atoms with Gasteiger partial charge in [0.05, 0.1) is 13.2 Å². The van der Waals surface area contributed by atoms with Crippen LogP contribution in [-0.2, 0) is 17.7 Å². The molecule has 2 heterocycles. The van der Waals surface area contributed by atoms with Crippen LogP contribution in [0.3, 0.4) is 0 Å². The summed E-state index contributed by atoms with van der Waals surface area (Å²) in [5, 5.41) is 3.57. The van der Waals surface area contributed by atoms with E-state index in [2.05, 4.69) is 46.8 Å². The lowest BCUT2D eigenvalue weighted by Gasteiger charge is -2.27. The summed E-state index contributed by atoms with van der Waals surface area (Å²) < 4.78 is 5.35. The molecule has 2 aliphatic rings. The van der Waals surface area contributed by atoms with Gasteiger partial charge in [0, 0.05) is 25.7 Å². The summed E-state index contributed by atoms with van der Waals surface area (Å²) in [4.78, 5) is 2.34. The lowest BCUT2D eigenvalue weighted by Crippen LogP contribution is -2.36. The number of nitrogens with zero attached hydrogens (tertiary/aromatic N) is 1. The topological polar surface area (TPSA) is 24.5 Å². The monoisotopic (exact) mass is 244 g/mol. The van der Waals surface area contributed by atoms with Crippen molar-refractivity contribution in [3.63, 3.8) is 0 Å². The van der Waals surface area contributed by atoms with Crippen LogP contribution in [0.5, 0.6) is 0 Å². The molecule has 1 aromatic carbocycles. The molecular weight excluding hydrogens is 224 g/mol. The minimum atomic E-state index is 0.461. The normalized spacial score (nSPS) is 24.2. The molecular formula is C15H20N2O. The Morgan fingerprint density at radius 2 is 1.94 bits per heavy atom. The molecule has 1 aromatic rings. The van der Waals surface area contributed by atoms with Crippen LogP contribution in [0.2, 0.25) is 0 Å². The zero-order chi connectivity index (χ0) is 12.2. The van der Waals surface area contributed by atoms with Gasteiger partial charge in [-0.2, -0.15) is 0 Å². The Morgan fingerprint density at radius 1 is 1.17 bits per heavy atom. The zero-order valence-corrected chi connectivity index (χ0v) is 10.6. The Hall–Kier alpha value is -1.32. The van der Waals surface area contributed by atoms with Crippen LogP contribution >= 0.6 is 0 Å². The summed E-state index contributed by atoms with van der Waals surface area (Å²) in [6, 6.07) is 9.16. The van der Waals surface area contributed by atoms with Crippen molar-refractivity contribution in [2.75, 3.05) is 26.3 Å². The zero-order valence-electron chi connectivity index (χ0n) is 10.6. The van der Waals surface area contributed by atoms with E-state index >= 15 is 0 Å². The van der Waals surface area contributed by atoms with Crippen LogP contribution in [-0.4, -0.2) is 37.2 Å². The van der Waals surface area contributed by atoms with E-state index in [1.54, 1.807) is 0 Å². The maximum absolute atomic E-state index is 5.35. The molecule has 1 N–H and O–H groups in total. The highest BCUT2D eigenvalue weighted by atomic mass is 16.5. The second-order valence-corrected chi connectivity index (χ2v) is 4.95. The molecule has 1 fully saturated rings. The first-order valence-electron chi connectivity index (χ1n) is 6.72. The smallest absolute Gasteiger partial charge is 0.0642 e. The van der Waals surface area contributed by atoms with Crippen LogP contribution in [0, 0.1) is 0 Å². The van der Waals surface area contributed by atoms with Crippen molar-refractivity contribution >= 4 is 0 Å². The quantitative estimate of drug-likeness (QED) is 0.854. The fourth-order valence-corrected chi connectivity index (χ4v) is 2.57. The van der Waals surface area contributed by atoms with Gasteiger partial charge in [-0.3, -0.25) is 0 Å². The maximum atomic E-state index is 5.35. The van der Waals surface area contributed by atoms with Crippen molar-refractivity contribution in [1.82, 2.24) is 10.2 Å². The molecule has 2 aliphatic heterocycles. The molecule has 0 bridgehead atoms. The van der Waals surface area contributed by atoms with Crippen molar-refractivity contribution in [3.05, 3.63) is 47.7 Å². The number of ether oxygens (including phenoxy) is 1. The highest BCUT2D eigenvalue weighted by Gasteiger charge is 2.15. The van der Waals surface area contributed by atoms with E-state index in [4.69, 9.17) is 4.74 Å². The summed E-state index contributed by atoms with van der Waals surface area (Å²) in [5.41, 5.74) is 2.92. The van der Waals surface area contributed by atoms with Gasteiger partial charge in [0.15, 0.2) is 0 Å². The summed E-state index contributed by atoms with van der Waals surface area (Å²) in [5.74, 6) is 0. The summed E-state index contributed by atoms with van der Waals surface area (Å²) in [6.45, 7) is 4.71. The van der Waals surface area contributed by atoms with Gasteiger partial charge in [-0.1, -0.05) is 30.3 Å². The number of hydrogen-bond acceptors (Lipinski definition) is 3. The fourth-order valence-electron chi connectivity index (χ4n) is 2.57. The fraction of sp³-hybridized carbons (Fsp3) is 0.467. The molecule has 3 nitrogen and oxygen atoms in total. The predicted octanol–water partition coefficient (Wildman–Crippen LogP) is 1.55. The molecule has 0 unspecified atom stereocenters. The number of hydrogen-bond donors (Lipinski definition) is 1. The highest BCUT2D eigenvalue weighted by molar-refractivity contribution is 5.30.